The van der Waals surface area contributed by atoms with Crippen molar-refractivity contribution in [2.24, 2.45) is 5.92 Å². The van der Waals surface area contributed by atoms with Crippen molar-refractivity contribution in [3.05, 3.63) is 34.9 Å². The van der Waals surface area contributed by atoms with Crippen molar-refractivity contribution in [2.45, 2.75) is 32.9 Å². The fraction of sp³-hybridized carbons (Fsp3) is 0.500. The molecule has 0 aliphatic heterocycles. The summed E-state index contributed by atoms with van der Waals surface area (Å²) >= 11 is 5.92. The summed E-state index contributed by atoms with van der Waals surface area (Å²) in [5, 5.41) is 3.93. The van der Waals surface area contributed by atoms with Gasteiger partial charge >= 0.3 is 5.97 Å². The van der Waals surface area contributed by atoms with E-state index >= 15 is 0 Å². The van der Waals surface area contributed by atoms with Gasteiger partial charge in [0.1, 0.15) is 6.04 Å². The van der Waals surface area contributed by atoms with Crippen LogP contribution in [0.2, 0.25) is 5.02 Å². The van der Waals surface area contributed by atoms with E-state index in [1.54, 1.807) is 0 Å². The van der Waals surface area contributed by atoms with Crippen molar-refractivity contribution >= 4 is 17.6 Å². The van der Waals surface area contributed by atoms with Crippen LogP contribution in [-0.4, -0.2) is 19.1 Å². The monoisotopic (exact) mass is 269 g/mol. The Kier molecular flexibility index (Phi) is 6.16. The highest BCUT2D eigenvalue weighted by atomic mass is 35.5. The van der Waals surface area contributed by atoms with Crippen molar-refractivity contribution in [1.29, 1.82) is 0 Å². The number of halogens is 1. The molecule has 0 heterocycles. The summed E-state index contributed by atoms with van der Waals surface area (Å²) in [5.74, 6) is 0.0167. The van der Waals surface area contributed by atoms with Crippen LogP contribution in [0.1, 0.15) is 25.8 Å². The van der Waals surface area contributed by atoms with Gasteiger partial charge in [0.15, 0.2) is 0 Å². The third-order valence-electron chi connectivity index (χ3n) is 3.08. The van der Waals surface area contributed by atoms with E-state index in [0.29, 0.717) is 11.6 Å². The second kappa shape index (κ2) is 7.39. The summed E-state index contributed by atoms with van der Waals surface area (Å²) in [6.07, 6.45) is 0.919. The molecule has 100 valence electrons. The second-order valence-electron chi connectivity index (χ2n) is 4.40. The molecule has 1 aromatic carbocycles. The number of carbonyl (C=O) groups excluding carboxylic acids is 1. The molecule has 0 amide bonds. The Morgan fingerprint density at radius 2 is 2.22 bits per heavy atom. The summed E-state index contributed by atoms with van der Waals surface area (Å²) in [6.45, 7) is 4.69. The molecule has 0 aliphatic carbocycles. The minimum Gasteiger partial charge on any atom is -0.468 e. The number of hydrogen-bond acceptors (Lipinski definition) is 3. The average Bonchev–Trinajstić information content (AvgIpc) is 2.38. The first-order valence-corrected chi connectivity index (χ1v) is 6.52. The first-order chi connectivity index (χ1) is 8.58. The van der Waals surface area contributed by atoms with Crippen LogP contribution in [0, 0.1) is 5.92 Å². The summed E-state index contributed by atoms with van der Waals surface area (Å²) in [6, 6.07) is 7.32. The van der Waals surface area contributed by atoms with Crippen LogP contribution < -0.4 is 5.32 Å². The van der Waals surface area contributed by atoms with Gasteiger partial charge in [0, 0.05) is 11.6 Å². The molecular weight excluding hydrogens is 250 g/mol. The molecule has 0 spiro atoms. The lowest BCUT2D eigenvalue weighted by Crippen LogP contribution is -2.42. The van der Waals surface area contributed by atoms with Crippen molar-refractivity contribution in [1.82, 2.24) is 5.32 Å². The number of carbonyl (C=O) groups is 1. The van der Waals surface area contributed by atoms with E-state index in [1.807, 2.05) is 31.2 Å². The van der Waals surface area contributed by atoms with E-state index in [9.17, 15) is 4.79 Å². The molecule has 2 atom stereocenters. The molecule has 0 saturated heterocycles. The third kappa shape index (κ3) is 4.31. The zero-order chi connectivity index (χ0) is 13.5. The molecule has 0 fully saturated rings. The molecule has 1 rings (SSSR count). The number of hydrogen-bond donors (Lipinski definition) is 1. The minimum absolute atomic E-state index is 0.216. The molecule has 0 saturated carbocycles. The van der Waals surface area contributed by atoms with E-state index < -0.39 is 0 Å². The number of ether oxygens (including phenoxy) is 1. The Morgan fingerprint density at radius 3 is 2.78 bits per heavy atom. The summed E-state index contributed by atoms with van der Waals surface area (Å²) in [7, 11) is 1.42. The maximum atomic E-state index is 11.7. The predicted molar refractivity (Wildman–Crippen MR) is 73.6 cm³/mol. The van der Waals surface area contributed by atoms with Crippen molar-refractivity contribution in [3.63, 3.8) is 0 Å². The lowest BCUT2D eigenvalue weighted by molar-refractivity contribution is -0.144. The number of rotatable bonds is 6. The van der Waals surface area contributed by atoms with E-state index in [4.69, 9.17) is 16.3 Å². The van der Waals surface area contributed by atoms with Gasteiger partial charge in [-0.3, -0.25) is 4.79 Å². The maximum Gasteiger partial charge on any atom is 0.323 e. The van der Waals surface area contributed by atoms with Gasteiger partial charge in [0.2, 0.25) is 0 Å². The molecule has 0 aromatic heterocycles. The topological polar surface area (TPSA) is 38.3 Å². The molecule has 1 aromatic rings. The second-order valence-corrected chi connectivity index (χ2v) is 4.83. The normalized spacial score (nSPS) is 14.0. The van der Waals surface area contributed by atoms with Crippen molar-refractivity contribution < 1.29 is 9.53 Å². The Hall–Kier alpha value is -1.06. The SMILES string of the molecule is CCC(C)C(NCc1cccc(Cl)c1)C(=O)OC. The van der Waals surface area contributed by atoms with Gasteiger partial charge in [-0.15, -0.1) is 0 Å². The third-order valence-corrected chi connectivity index (χ3v) is 3.32. The number of benzene rings is 1. The van der Waals surface area contributed by atoms with Gasteiger partial charge in [-0.2, -0.15) is 0 Å². The summed E-state index contributed by atoms with van der Waals surface area (Å²) in [4.78, 5) is 11.7. The number of methoxy groups -OCH3 is 1. The van der Waals surface area contributed by atoms with Gasteiger partial charge in [-0.25, -0.2) is 0 Å². The van der Waals surface area contributed by atoms with E-state index in [0.717, 1.165) is 12.0 Å². The summed E-state index contributed by atoms with van der Waals surface area (Å²) in [5.41, 5.74) is 1.06. The fourth-order valence-corrected chi connectivity index (χ4v) is 1.97. The fourth-order valence-electron chi connectivity index (χ4n) is 1.75. The van der Waals surface area contributed by atoms with Crippen molar-refractivity contribution in [3.8, 4) is 0 Å². The Labute approximate surface area is 113 Å². The van der Waals surface area contributed by atoms with Gasteiger partial charge < -0.3 is 10.1 Å². The van der Waals surface area contributed by atoms with E-state index in [2.05, 4.69) is 12.2 Å². The maximum absolute atomic E-state index is 11.7. The molecule has 0 bridgehead atoms. The van der Waals surface area contributed by atoms with Crippen LogP contribution in [0.15, 0.2) is 24.3 Å². The first-order valence-electron chi connectivity index (χ1n) is 6.14. The van der Waals surface area contributed by atoms with Crippen LogP contribution in [0.4, 0.5) is 0 Å². The lowest BCUT2D eigenvalue weighted by Gasteiger charge is -2.22. The van der Waals surface area contributed by atoms with Gasteiger partial charge in [-0.05, 0) is 23.6 Å². The zero-order valence-electron chi connectivity index (χ0n) is 11.1. The van der Waals surface area contributed by atoms with Crippen LogP contribution in [-0.2, 0) is 16.1 Å². The van der Waals surface area contributed by atoms with Crippen LogP contribution in [0.25, 0.3) is 0 Å². The molecule has 0 aliphatic rings. The predicted octanol–water partition coefficient (Wildman–Crippen LogP) is 3.02. The molecule has 1 N–H and O–H groups in total. The van der Waals surface area contributed by atoms with Crippen LogP contribution in [0.5, 0.6) is 0 Å². The summed E-state index contributed by atoms with van der Waals surface area (Å²) < 4.78 is 4.82. The van der Waals surface area contributed by atoms with E-state index in [1.165, 1.54) is 7.11 Å². The highest BCUT2D eigenvalue weighted by Gasteiger charge is 2.23. The molecule has 3 nitrogen and oxygen atoms in total. The standard InChI is InChI=1S/C14H20ClNO2/c1-4-10(2)13(14(17)18-3)16-9-11-6-5-7-12(15)8-11/h5-8,10,13,16H,4,9H2,1-3H3. The first kappa shape index (κ1) is 15.0. The van der Waals surface area contributed by atoms with E-state index in [-0.39, 0.29) is 17.9 Å². The van der Waals surface area contributed by atoms with Gasteiger partial charge in [0.25, 0.3) is 0 Å². The Morgan fingerprint density at radius 1 is 1.50 bits per heavy atom. The van der Waals surface area contributed by atoms with Crippen LogP contribution >= 0.6 is 11.6 Å². The molecule has 0 radical (unpaired) electrons. The number of nitrogens with one attached hydrogen (secondary N) is 1. The van der Waals surface area contributed by atoms with Crippen LogP contribution in [0.3, 0.4) is 0 Å². The molecule has 2 unspecified atom stereocenters. The Bertz CT molecular complexity index is 395. The smallest absolute Gasteiger partial charge is 0.323 e. The molecule has 18 heavy (non-hydrogen) atoms. The quantitative estimate of drug-likeness (QED) is 0.807. The minimum atomic E-state index is -0.279. The van der Waals surface area contributed by atoms with Gasteiger partial charge in [0.05, 0.1) is 7.11 Å². The van der Waals surface area contributed by atoms with Crippen molar-refractivity contribution in [2.75, 3.05) is 7.11 Å². The zero-order valence-corrected chi connectivity index (χ0v) is 11.8. The number of esters is 1. The largest absolute Gasteiger partial charge is 0.468 e. The average molecular weight is 270 g/mol. The molecule has 4 heteroatoms. The highest BCUT2D eigenvalue weighted by Crippen LogP contribution is 2.13. The highest BCUT2D eigenvalue weighted by molar-refractivity contribution is 6.30. The Balaban J connectivity index is 2.64. The lowest BCUT2D eigenvalue weighted by atomic mass is 9.99. The van der Waals surface area contributed by atoms with Gasteiger partial charge in [-0.1, -0.05) is 44.0 Å². The molecular formula is C14H20ClNO2.